The van der Waals surface area contributed by atoms with Crippen LogP contribution in [0.3, 0.4) is 0 Å². The smallest absolute Gasteiger partial charge is 0.266 e. The van der Waals surface area contributed by atoms with Crippen LogP contribution in [0.2, 0.25) is 0 Å². The summed E-state index contributed by atoms with van der Waals surface area (Å²) in [5, 5.41) is 0. The van der Waals surface area contributed by atoms with Gasteiger partial charge in [-0.3, -0.25) is 4.18 Å². The molecule has 0 saturated carbocycles. The Morgan fingerprint density at radius 1 is 1.26 bits per heavy atom. The molecule has 3 nitrogen and oxygen atoms in total. The van der Waals surface area contributed by atoms with Crippen LogP contribution >= 0.6 is 0 Å². The van der Waals surface area contributed by atoms with Gasteiger partial charge in [0.25, 0.3) is 10.1 Å². The van der Waals surface area contributed by atoms with E-state index in [1.807, 2.05) is 13.0 Å². The maximum absolute atomic E-state index is 12.1. The molecular weight excluding hydrogens is 260 g/mol. The molecule has 4 heteroatoms. The third-order valence-electron chi connectivity index (χ3n) is 3.64. The lowest BCUT2D eigenvalue weighted by atomic mass is 10.0. The van der Waals surface area contributed by atoms with E-state index in [0.717, 1.165) is 32.1 Å². The van der Waals surface area contributed by atoms with Gasteiger partial charge >= 0.3 is 0 Å². The molecule has 0 saturated heterocycles. The summed E-state index contributed by atoms with van der Waals surface area (Å²) in [6.45, 7) is 6.56. The van der Waals surface area contributed by atoms with E-state index >= 15 is 0 Å². The van der Waals surface area contributed by atoms with Crippen LogP contribution in [0.25, 0.3) is 0 Å². The molecule has 0 aromatic rings. The van der Waals surface area contributed by atoms with Crippen LogP contribution < -0.4 is 0 Å². The van der Waals surface area contributed by atoms with Crippen LogP contribution in [-0.4, -0.2) is 15.0 Å². The van der Waals surface area contributed by atoms with Gasteiger partial charge in [-0.15, -0.1) is 0 Å². The normalized spacial score (nSPS) is 17.8. The van der Waals surface area contributed by atoms with Gasteiger partial charge in [0.05, 0.1) is 11.5 Å². The van der Waals surface area contributed by atoms with Gasteiger partial charge in [-0.1, -0.05) is 44.8 Å². The molecule has 0 N–H and O–H groups in total. The molecule has 0 fully saturated rings. The van der Waals surface area contributed by atoms with Crippen LogP contribution in [0.4, 0.5) is 0 Å². The summed E-state index contributed by atoms with van der Waals surface area (Å²) in [6.07, 6.45) is 9.20. The summed E-state index contributed by atoms with van der Waals surface area (Å²) in [5.41, 5.74) is 1.22. The zero-order valence-corrected chi connectivity index (χ0v) is 13.1. The highest BCUT2D eigenvalue weighted by Gasteiger charge is 2.21. The Balaban J connectivity index is 2.55. The predicted octanol–water partition coefficient (Wildman–Crippen LogP) is 4.17. The van der Waals surface area contributed by atoms with E-state index in [2.05, 4.69) is 13.8 Å². The number of hydrogen-bond donors (Lipinski definition) is 0. The number of rotatable bonds is 8. The standard InChI is InChI=1S/C15H26O3S/c1-4-6-7-14(5-2)12-18-19(16,17)15-10-8-13(3)9-11-15/h8,10,14H,4-7,9,11-12H2,1-3H3. The van der Waals surface area contributed by atoms with E-state index in [1.54, 1.807) is 6.08 Å². The van der Waals surface area contributed by atoms with Gasteiger partial charge in [-0.25, -0.2) is 0 Å². The summed E-state index contributed by atoms with van der Waals surface area (Å²) in [4.78, 5) is 0.420. The molecule has 1 rings (SSSR count). The van der Waals surface area contributed by atoms with Crippen molar-refractivity contribution in [2.45, 2.75) is 59.3 Å². The quantitative estimate of drug-likeness (QED) is 0.629. The fourth-order valence-electron chi connectivity index (χ4n) is 2.09. The molecule has 1 unspecified atom stereocenters. The van der Waals surface area contributed by atoms with Crippen LogP contribution in [0, 0.1) is 5.92 Å². The highest BCUT2D eigenvalue weighted by Crippen LogP contribution is 2.24. The number of unbranched alkanes of at least 4 members (excludes halogenated alkanes) is 1. The fraction of sp³-hybridized carbons (Fsp3) is 0.733. The Kier molecular flexibility index (Phi) is 6.80. The lowest BCUT2D eigenvalue weighted by Crippen LogP contribution is -2.16. The summed E-state index contributed by atoms with van der Waals surface area (Å²) < 4.78 is 29.4. The van der Waals surface area contributed by atoms with Crippen LogP contribution in [0.1, 0.15) is 59.3 Å². The lowest BCUT2D eigenvalue weighted by Gasteiger charge is -2.17. The zero-order valence-electron chi connectivity index (χ0n) is 12.3. The third-order valence-corrected chi connectivity index (χ3v) is 5.07. The first-order chi connectivity index (χ1) is 8.99. The minimum atomic E-state index is -3.52. The summed E-state index contributed by atoms with van der Waals surface area (Å²) >= 11 is 0. The van der Waals surface area contributed by atoms with Crippen molar-refractivity contribution in [3.8, 4) is 0 Å². The minimum Gasteiger partial charge on any atom is -0.266 e. The molecule has 1 aliphatic rings. The molecule has 0 heterocycles. The van der Waals surface area contributed by atoms with E-state index in [0.29, 0.717) is 23.9 Å². The molecular formula is C15H26O3S. The maximum atomic E-state index is 12.1. The summed E-state index contributed by atoms with van der Waals surface area (Å²) in [7, 11) is -3.52. The van der Waals surface area contributed by atoms with E-state index in [4.69, 9.17) is 4.18 Å². The second-order valence-electron chi connectivity index (χ2n) is 5.30. The molecule has 19 heavy (non-hydrogen) atoms. The Bertz CT molecular complexity index is 432. The van der Waals surface area contributed by atoms with E-state index in [1.165, 1.54) is 5.57 Å². The van der Waals surface area contributed by atoms with E-state index in [-0.39, 0.29) is 0 Å². The molecule has 0 aromatic heterocycles. The molecule has 1 aliphatic carbocycles. The third kappa shape index (κ3) is 5.49. The lowest BCUT2D eigenvalue weighted by molar-refractivity contribution is 0.240. The second kappa shape index (κ2) is 7.85. The monoisotopic (exact) mass is 286 g/mol. The van der Waals surface area contributed by atoms with E-state index in [9.17, 15) is 8.42 Å². The number of hydrogen-bond acceptors (Lipinski definition) is 3. The molecule has 1 atom stereocenters. The number of allylic oxidation sites excluding steroid dienone is 4. The van der Waals surface area contributed by atoms with Crippen LogP contribution in [0.15, 0.2) is 22.6 Å². The highest BCUT2D eigenvalue weighted by molar-refractivity contribution is 7.90. The SMILES string of the molecule is CCCCC(CC)COS(=O)(=O)C1=CC=C(C)CC1. The maximum Gasteiger partial charge on any atom is 0.293 e. The highest BCUT2D eigenvalue weighted by atomic mass is 32.2. The Hall–Kier alpha value is -0.610. The molecule has 0 spiro atoms. The average Bonchev–Trinajstić information content (AvgIpc) is 2.39. The van der Waals surface area contributed by atoms with Crippen LogP contribution in [0.5, 0.6) is 0 Å². The van der Waals surface area contributed by atoms with Gasteiger partial charge in [-0.05, 0) is 38.2 Å². The molecule has 0 aromatic carbocycles. The van der Waals surface area contributed by atoms with Crippen molar-refractivity contribution in [1.82, 2.24) is 0 Å². The first-order valence-electron chi connectivity index (χ1n) is 7.25. The van der Waals surface area contributed by atoms with Crippen molar-refractivity contribution in [1.29, 1.82) is 0 Å². The van der Waals surface area contributed by atoms with Gasteiger partial charge in [0.15, 0.2) is 0 Å². The Morgan fingerprint density at radius 3 is 2.53 bits per heavy atom. The molecule has 0 amide bonds. The van der Waals surface area contributed by atoms with Crippen molar-refractivity contribution < 1.29 is 12.6 Å². The molecule has 0 radical (unpaired) electrons. The molecule has 0 bridgehead atoms. The Morgan fingerprint density at radius 2 is 2.00 bits per heavy atom. The van der Waals surface area contributed by atoms with Crippen molar-refractivity contribution in [3.63, 3.8) is 0 Å². The second-order valence-corrected chi connectivity index (χ2v) is 6.97. The fourth-order valence-corrected chi connectivity index (χ4v) is 3.20. The van der Waals surface area contributed by atoms with Gasteiger partial charge in [0.1, 0.15) is 0 Å². The van der Waals surface area contributed by atoms with Gasteiger partial charge < -0.3 is 0 Å². The van der Waals surface area contributed by atoms with E-state index < -0.39 is 10.1 Å². The zero-order chi connectivity index (χ0) is 14.3. The average molecular weight is 286 g/mol. The molecule has 110 valence electrons. The molecule has 0 aliphatic heterocycles. The topological polar surface area (TPSA) is 43.4 Å². The summed E-state index contributed by atoms with van der Waals surface area (Å²) in [6, 6.07) is 0. The first-order valence-corrected chi connectivity index (χ1v) is 8.66. The summed E-state index contributed by atoms with van der Waals surface area (Å²) in [5.74, 6) is 0.344. The first kappa shape index (κ1) is 16.4. The van der Waals surface area contributed by atoms with Gasteiger partial charge in [0, 0.05) is 0 Å². The van der Waals surface area contributed by atoms with Crippen molar-refractivity contribution in [3.05, 3.63) is 22.6 Å². The van der Waals surface area contributed by atoms with Crippen LogP contribution in [-0.2, 0) is 14.3 Å². The van der Waals surface area contributed by atoms with Crippen molar-refractivity contribution in [2.24, 2.45) is 5.92 Å². The largest absolute Gasteiger partial charge is 0.293 e. The predicted molar refractivity (Wildman–Crippen MR) is 79.3 cm³/mol. The van der Waals surface area contributed by atoms with Gasteiger partial charge in [0.2, 0.25) is 0 Å². The Labute approximate surface area is 117 Å². The van der Waals surface area contributed by atoms with Gasteiger partial charge in [-0.2, -0.15) is 8.42 Å². The minimum absolute atomic E-state index is 0.318. The van der Waals surface area contributed by atoms with Crippen molar-refractivity contribution >= 4 is 10.1 Å². The van der Waals surface area contributed by atoms with Crippen molar-refractivity contribution in [2.75, 3.05) is 6.61 Å².